The lowest BCUT2D eigenvalue weighted by Gasteiger charge is -2.26. The molecule has 0 aromatic heterocycles. The third-order valence-electron chi connectivity index (χ3n) is 3.34. The van der Waals surface area contributed by atoms with Crippen LogP contribution in [0.3, 0.4) is 0 Å². The van der Waals surface area contributed by atoms with E-state index in [0.717, 1.165) is 10.9 Å². The second-order valence-corrected chi connectivity index (χ2v) is 5.85. The molecule has 0 radical (unpaired) electrons. The van der Waals surface area contributed by atoms with Crippen LogP contribution >= 0.6 is 15.9 Å². The molecule has 0 aliphatic heterocycles. The van der Waals surface area contributed by atoms with E-state index in [2.05, 4.69) is 66.2 Å². The Kier molecular flexibility index (Phi) is 3.55. The van der Waals surface area contributed by atoms with Gasteiger partial charge < -0.3 is 5.11 Å². The molecule has 17 heavy (non-hydrogen) atoms. The van der Waals surface area contributed by atoms with Crippen LogP contribution in [0.2, 0.25) is 0 Å². The molecule has 0 aliphatic rings. The molecule has 1 nitrogen and oxygen atoms in total. The van der Waals surface area contributed by atoms with Crippen LogP contribution in [0.15, 0.2) is 40.9 Å². The lowest BCUT2D eigenvalue weighted by molar-refractivity contribution is 0.253. The maximum absolute atomic E-state index is 9.18. The smallest absolute Gasteiger partial charge is 0.0439 e. The number of rotatable bonds is 3. The fourth-order valence-electron chi connectivity index (χ4n) is 2.27. The van der Waals surface area contributed by atoms with Crippen LogP contribution in [0.1, 0.15) is 25.8 Å². The zero-order valence-electron chi connectivity index (χ0n) is 10.2. The molecule has 0 unspecified atom stereocenters. The van der Waals surface area contributed by atoms with Crippen molar-refractivity contribution in [1.82, 2.24) is 0 Å². The largest absolute Gasteiger partial charge is 0.396 e. The van der Waals surface area contributed by atoms with Crippen molar-refractivity contribution in [2.45, 2.75) is 25.7 Å². The molecule has 2 heteroatoms. The highest BCUT2D eigenvalue weighted by Crippen LogP contribution is 2.35. The number of hydrogen-bond donors (Lipinski definition) is 1. The van der Waals surface area contributed by atoms with E-state index in [9.17, 15) is 5.11 Å². The molecule has 0 amide bonds. The minimum atomic E-state index is -0.00491. The molecular formula is C15H17BrO. The summed E-state index contributed by atoms with van der Waals surface area (Å²) < 4.78 is 1.12. The molecule has 1 N–H and O–H groups in total. The monoisotopic (exact) mass is 292 g/mol. The normalized spacial score (nSPS) is 12.0. The van der Waals surface area contributed by atoms with Gasteiger partial charge in [-0.3, -0.25) is 0 Å². The molecule has 2 aromatic carbocycles. The van der Waals surface area contributed by atoms with E-state index in [4.69, 9.17) is 0 Å². The molecule has 0 spiro atoms. The van der Waals surface area contributed by atoms with Gasteiger partial charge in [0.1, 0.15) is 0 Å². The Hall–Kier alpha value is -0.860. The molecule has 0 saturated heterocycles. The van der Waals surface area contributed by atoms with Crippen molar-refractivity contribution < 1.29 is 5.11 Å². The van der Waals surface area contributed by atoms with E-state index < -0.39 is 0 Å². The first-order valence-corrected chi connectivity index (χ1v) is 6.64. The maximum Gasteiger partial charge on any atom is 0.0439 e. The summed E-state index contributed by atoms with van der Waals surface area (Å²) in [5, 5.41) is 11.7. The maximum atomic E-state index is 9.18. The Balaban J connectivity index is 2.67. The van der Waals surface area contributed by atoms with Crippen molar-refractivity contribution in [2.24, 2.45) is 0 Å². The Morgan fingerprint density at radius 1 is 1.06 bits per heavy atom. The van der Waals surface area contributed by atoms with Gasteiger partial charge in [-0.2, -0.15) is 0 Å². The lowest BCUT2D eigenvalue weighted by Crippen LogP contribution is -2.19. The molecule has 0 aliphatic carbocycles. The Bertz CT molecular complexity index is 531. The van der Waals surface area contributed by atoms with E-state index in [0.29, 0.717) is 0 Å². The quantitative estimate of drug-likeness (QED) is 0.896. The second-order valence-electron chi connectivity index (χ2n) is 5.00. The molecule has 2 rings (SSSR count). The van der Waals surface area contributed by atoms with Gasteiger partial charge in [0.25, 0.3) is 0 Å². The third-order valence-corrected chi connectivity index (χ3v) is 4.03. The highest BCUT2D eigenvalue weighted by atomic mass is 79.9. The van der Waals surface area contributed by atoms with Gasteiger partial charge in [0.05, 0.1) is 0 Å². The van der Waals surface area contributed by atoms with Gasteiger partial charge in [-0.1, -0.05) is 60.1 Å². The third kappa shape index (κ3) is 2.38. The first kappa shape index (κ1) is 12.6. The molecule has 0 atom stereocenters. The van der Waals surface area contributed by atoms with Gasteiger partial charge in [-0.15, -0.1) is 0 Å². The van der Waals surface area contributed by atoms with E-state index >= 15 is 0 Å². The van der Waals surface area contributed by atoms with Crippen molar-refractivity contribution in [2.75, 3.05) is 6.61 Å². The summed E-state index contributed by atoms with van der Waals surface area (Å²) in [5.74, 6) is 0. The van der Waals surface area contributed by atoms with Crippen molar-refractivity contribution in [3.8, 4) is 0 Å². The van der Waals surface area contributed by atoms with Gasteiger partial charge >= 0.3 is 0 Å². The molecule has 90 valence electrons. The van der Waals surface area contributed by atoms with Gasteiger partial charge in [0.15, 0.2) is 0 Å². The van der Waals surface area contributed by atoms with Gasteiger partial charge in [-0.05, 0) is 34.2 Å². The van der Waals surface area contributed by atoms with Crippen LogP contribution in [0.5, 0.6) is 0 Å². The average Bonchev–Trinajstić information content (AvgIpc) is 2.29. The van der Waals surface area contributed by atoms with Crippen LogP contribution < -0.4 is 0 Å². The minimum absolute atomic E-state index is 0.00491. The first-order chi connectivity index (χ1) is 8.06. The summed E-state index contributed by atoms with van der Waals surface area (Å²) in [6.07, 6.45) is 0.776. The van der Waals surface area contributed by atoms with E-state index in [-0.39, 0.29) is 12.0 Å². The first-order valence-electron chi connectivity index (χ1n) is 5.85. The molecule has 0 saturated carbocycles. The summed E-state index contributed by atoms with van der Waals surface area (Å²) in [4.78, 5) is 0. The average molecular weight is 293 g/mol. The molecular weight excluding hydrogens is 276 g/mol. The summed E-state index contributed by atoms with van der Waals surface area (Å²) in [7, 11) is 0. The number of aliphatic hydroxyl groups excluding tert-OH is 1. The van der Waals surface area contributed by atoms with Crippen molar-refractivity contribution in [3.05, 3.63) is 46.4 Å². The van der Waals surface area contributed by atoms with E-state index in [1.165, 1.54) is 16.3 Å². The predicted molar refractivity (Wildman–Crippen MR) is 76.4 cm³/mol. The van der Waals surface area contributed by atoms with Crippen LogP contribution in [-0.2, 0) is 5.41 Å². The lowest BCUT2D eigenvalue weighted by atomic mass is 9.79. The van der Waals surface area contributed by atoms with Crippen molar-refractivity contribution in [1.29, 1.82) is 0 Å². The molecule has 2 aromatic rings. The molecule has 0 fully saturated rings. The zero-order chi connectivity index (χ0) is 12.5. The number of halogens is 1. The number of aliphatic hydroxyl groups is 1. The predicted octanol–water partition coefficient (Wildman–Crippen LogP) is 4.26. The molecule has 0 bridgehead atoms. The Morgan fingerprint density at radius 3 is 2.35 bits per heavy atom. The van der Waals surface area contributed by atoms with E-state index in [1.54, 1.807) is 0 Å². The molecule has 0 heterocycles. The minimum Gasteiger partial charge on any atom is -0.396 e. The topological polar surface area (TPSA) is 20.2 Å². The van der Waals surface area contributed by atoms with Gasteiger partial charge in [0.2, 0.25) is 0 Å². The zero-order valence-corrected chi connectivity index (χ0v) is 11.8. The van der Waals surface area contributed by atoms with Crippen LogP contribution in [-0.4, -0.2) is 11.7 Å². The standard InChI is InChI=1S/C15H17BrO/c1-15(2,9-10-17)13-7-8-14(16)12-6-4-3-5-11(12)13/h3-8,17H,9-10H2,1-2H3. The van der Waals surface area contributed by atoms with Crippen molar-refractivity contribution >= 4 is 26.7 Å². The summed E-state index contributed by atoms with van der Waals surface area (Å²) in [5.41, 5.74) is 1.29. The highest BCUT2D eigenvalue weighted by Gasteiger charge is 2.22. The SMILES string of the molecule is CC(C)(CCO)c1ccc(Br)c2ccccc12. The Morgan fingerprint density at radius 2 is 1.71 bits per heavy atom. The summed E-state index contributed by atoms with van der Waals surface area (Å²) in [6, 6.07) is 12.6. The highest BCUT2D eigenvalue weighted by molar-refractivity contribution is 9.10. The summed E-state index contributed by atoms with van der Waals surface area (Å²) in [6.45, 7) is 4.58. The van der Waals surface area contributed by atoms with Gasteiger partial charge in [-0.25, -0.2) is 0 Å². The van der Waals surface area contributed by atoms with E-state index in [1.807, 2.05) is 0 Å². The second kappa shape index (κ2) is 4.79. The number of fused-ring (bicyclic) bond motifs is 1. The fraction of sp³-hybridized carbons (Fsp3) is 0.333. The van der Waals surface area contributed by atoms with Crippen LogP contribution in [0.4, 0.5) is 0 Å². The fourth-order valence-corrected chi connectivity index (χ4v) is 2.74. The van der Waals surface area contributed by atoms with Crippen molar-refractivity contribution in [3.63, 3.8) is 0 Å². The Labute approximate surface area is 111 Å². The number of hydrogen-bond acceptors (Lipinski definition) is 1. The van der Waals surface area contributed by atoms with Crippen LogP contribution in [0.25, 0.3) is 10.8 Å². The summed E-state index contributed by atoms with van der Waals surface area (Å²) >= 11 is 3.59. The van der Waals surface area contributed by atoms with Gasteiger partial charge in [0, 0.05) is 11.1 Å². The number of benzene rings is 2. The van der Waals surface area contributed by atoms with Crippen LogP contribution in [0, 0.1) is 0 Å².